The normalized spacial score (nSPS) is 15.0. The van der Waals surface area contributed by atoms with Gasteiger partial charge in [-0.05, 0) is 55.9 Å². The zero-order chi connectivity index (χ0) is 23.1. The van der Waals surface area contributed by atoms with Gasteiger partial charge in [0.2, 0.25) is 0 Å². The van der Waals surface area contributed by atoms with Gasteiger partial charge < -0.3 is 4.74 Å². The van der Waals surface area contributed by atoms with E-state index in [4.69, 9.17) is 4.74 Å². The lowest BCUT2D eigenvalue weighted by molar-refractivity contribution is 0.380. The fourth-order valence-corrected chi connectivity index (χ4v) is 5.98. The molecule has 3 nitrogen and oxygen atoms in total. The van der Waals surface area contributed by atoms with Crippen LogP contribution in [-0.4, -0.2) is 20.3 Å². The topological polar surface area (TPSA) is 43.4 Å². The van der Waals surface area contributed by atoms with Gasteiger partial charge in [-0.3, -0.25) is 4.21 Å². The molecule has 0 saturated carbocycles. The molecule has 5 heteroatoms. The molecule has 30 heavy (non-hydrogen) atoms. The van der Waals surface area contributed by atoms with Crippen molar-refractivity contribution in [2.24, 2.45) is 0 Å². The molecule has 2 atom stereocenters. The second kappa shape index (κ2) is 8.58. The van der Waals surface area contributed by atoms with Crippen LogP contribution in [0.4, 0.5) is 0 Å². The zero-order valence-corrected chi connectivity index (χ0v) is 21.6. The van der Waals surface area contributed by atoms with Crippen LogP contribution in [0.3, 0.4) is 0 Å². The van der Waals surface area contributed by atoms with Gasteiger partial charge >= 0.3 is 0 Å². The van der Waals surface area contributed by atoms with Gasteiger partial charge in [-0.2, -0.15) is 0 Å². The van der Waals surface area contributed by atoms with E-state index in [1.54, 1.807) is 7.11 Å². The van der Waals surface area contributed by atoms with Crippen molar-refractivity contribution in [3.05, 3.63) is 47.5 Å². The van der Waals surface area contributed by atoms with Crippen LogP contribution in [0.15, 0.2) is 51.1 Å². The maximum Gasteiger partial charge on any atom is 0.126 e. The molecule has 0 amide bonds. The predicted molar refractivity (Wildman–Crippen MR) is 128 cm³/mol. The maximum atomic E-state index is 13.8. The van der Waals surface area contributed by atoms with Crippen LogP contribution in [0, 0.1) is 0 Å². The average Bonchev–Trinajstić information content (AvgIpc) is 2.63. The molecule has 0 aliphatic carbocycles. The molecule has 0 saturated heterocycles. The van der Waals surface area contributed by atoms with Gasteiger partial charge in [-0.1, -0.05) is 53.7 Å². The van der Waals surface area contributed by atoms with Crippen LogP contribution in [0.1, 0.15) is 73.4 Å². The van der Waals surface area contributed by atoms with E-state index in [9.17, 15) is 8.42 Å². The number of ether oxygens (including phenoxy) is 1. The van der Waals surface area contributed by atoms with Crippen molar-refractivity contribution in [2.45, 2.75) is 92.6 Å². The molecular formula is C25H36O3S2. The van der Waals surface area contributed by atoms with Crippen molar-refractivity contribution in [1.29, 1.82) is 0 Å². The lowest BCUT2D eigenvalue weighted by Gasteiger charge is -2.30. The third kappa shape index (κ3) is 5.23. The fraction of sp³-hybridized carbons (Fsp3) is 0.520. The van der Waals surface area contributed by atoms with Gasteiger partial charge in [0.25, 0.3) is 0 Å². The lowest BCUT2D eigenvalue weighted by Crippen LogP contribution is -2.23. The molecule has 0 fully saturated rings. The Bertz CT molecular complexity index is 936. The molecule has 0 aromatic heterocycles. The van der Waals surface area contributed by atoms with E-state index in [-0.39, 0.29) is 10.8 Å². The molecule has 0 spiro atoms. The molecule has 0 bridgehead atoms. The summed E-state index contributed by atoms with van der Waals surface area (Å²) in [6.07, 6.45) is 0. The first-order chi connectivity index (χ1) is 13.6. The maximum absolute atomic E-state index is 13.8. The van der Waals surface area contributed by atoms with Crippen LogP contribution >= 0.6 is 0 Å². The van der Waals surface area contributed by atoms with Crippen molar-refractivity contribution in [2.75, 3.05) is 7.11 Å². The predicted octanol–water partition coefficient (Wildman–Crippen LogP) is 6.36. The van der Waals surface area contributed by atoms with E-state index in [0.717, 1.165) is 16.9 Å². The summed E-state index contributed by atoms with van der Waals surface area (Å²) < 4.78 is 32.3. The highest BCUT2D eigenvalue weighted by atomic mass is 32.2. The summed E-state index contributed by atoms with van der Waals surface area (Å²) in [5, 5.41) is 0. The molecule has 0 N–H and O–H groups in total. The minimum atomic E-state index is -1.46. The van der Waals surface area contributed by atoms with Gasteiger partial charge in [0.15, 0.2) is 0 Å². The van der Waals surface area contributed by atoms with Crippen LogP contribution < -0.4 is 4.74 Å². The number of benzene rings is 2. The molecule has 0 aliphatic rings. The van der Waals surface area contributed by atoms with Gasteiger partial charge in [-0.25, -0.2) is 4.21 Å². The van der Waals surface area contributed by atoms with Crippen LogP contribution in [-0.2, 0) is 32.4 Å². The van der Waals surface area contributed by atoms with E-state index < -0.39 is 26.3 Å². The summed E-state index contributed by atoms with van der Waals surface area (Å²) in [6.45, 7) is 18.6. The van der Waals surface area contributed by atoms with Gasteiger partial charge in [0, 0.05) is 20.8 Å². The minimum absolute atomic E-state index is 0.181. The van der Waals surface area contributed by atoms with Gasteiger partial charge in [0.05, 0.1) is 38.5 Å². The second-order valence-electron chi connectivity index (χ2n) is 10.6. The van der Waals surface area contributed by atoms with Gasteiger partial charge in [0.1, 0.15) is 5.75 Å². The summed E-state index contributed by atoms with van der Waals surface area (Å²) in [7, 11) is -1.05. The SMILES string of the molecule is COc1c(C(C)(C)C)cc(S(=O)c2ccccc2S(=O)C(C)(C)C)cc1C(C)(C)C. The van der Waals surface area contributed by atoms with Crippen LogP contribution in [0.5, 0.6) is 5.75 Å². The summed E-state index contributed by atoms with van der Waals surface area (Å²) in [4.78, 5) is 1.95. The highest BCUT2D eigenvalue weighted by Gasteiger charge is 2.30. The molecule has 0 aliphatic heterocycles. The molecule has 2 aromatic carbocycles. The molecular weight excluding hydrogens is 412 g/mol. The number of hydrogen-bond donors (Lipinski definition) is 0. The number of methoxy groups -OCH3 is 1. The standard InChI is InChI=1S/C25H36O3S2/c1-23(2,3)18-15-17(16-19(22(18)28-10)24(4,5)6)29(26)20-13-11-12-14-21(20)30(27)25(7,8)9/h11-16H,1-10H3. The number of hydrogen-bond acceptors (Lipinski definition) is 3. The van der Waals surface area contributed by atoms with Crippen LogP contribution in [0.2, 0.25) is 0 Å². The van der Waals surface area contributed by atoms with Crippen molar-refractivity contribution < 1.29 is 13.2 Å². The lowest BCUT2D eigenvalue weighted by atomic mass is 9.79. The Kier molecular flexibility index (Phi) is 7.10. The molecule has 0 radical (unpaired) electrons. The first-order valence-electron chi connectivity index (χ1n) is 10.2. The van der Waals surface area contributed by atoms with Crippen molar-refractivity contribution in [3.63, 3.8) is 0 Å². The molecule has 2 unspecified atom stereocenters. The van der Waals surface area contributed by atoms with E-state index in [1.165, 1.54) is 0 Å². The second-order valence-corrected chi connectivity index (χ2v) is 14.3. The highest BCUT2D eigenvalue weighted by Crippen LogP contribution is 2.42. The average molecular weight is 449 g/mol. The number of rotatable bonds is 4. The zero-order valence-electron chi connectivity index (χ0n) is 20.0. The Hall–Kier alpha value is -1.46. The third-order valence-electron chi connectivity index (χ3n) is 4.90. The van der Waals surface area contributed by atoms with E-state index >= 15 is 0 Å². The van der Waals surface area contributed by atoms with Crippen molar-refractivity contribution >= 4 is 21.6 Å². The molecule has 2 rings (SSSR count). The Labute approximate surface area is 187 Å². The smallest absolute Gasteiger partial charge is 0.126 e. The monoisotopic (exact) mass is 448 g/mol. The fourth-order valence-electron chi connectivity index (χ4n) is 3.26. The molecule has 2 aromatic rings. The van der Waals surface area contributed by atoms with E-state index in [2.05, 4.69) is 41.5 Å². The van der Waals surface area contributed by atoms with Crippen LogP contribution in [0.25, 0.3) is 0 Å². The van der Waals surface area contributed by atoms with E-state index in [1.807, 2.05) is 57.2 Å². The Morgan fingerprint density at radius 3 is 1.53 bits per heavy atom. The minimum Gasteiger partial charge on any atom is -0.496 e. The Morgan fingerprint density at radius 1 is 0.733 bits per heavy atom. The van der Waals surface area contributed by atoms with E-state index in [0.29, 0.717) is 14.7 Å². The Balaban J connectivity index is 2.78. The molecule has 166 valence electrons. The first kappa shape index (κ1) is 24.8. The first-order valence-corrected chi connectivity index (χ1v) is 12.5. The summed E-state index contributed by atoms with van der Waals surface area (Å²) in [6, 6.07) is 11.3. The third-order valence-corrected chi connectivity index (χ3v) is 8.32. The quantitative estimate of drug-likeness (QED) is 0.546. The van der Waals surface area contributed by atoms with Gasteiger partial charge in [-0.15, -0.1) is 0 Å². The largest absolute Gasteiger partial charge is 0.496 e. The highest BCUT2D eigenvalue weighted by molar-refractivity contribution is 7.89. The van der Waals surface area contributed by atoms with Crippen molar-refractivity contribution in [1.82, 2.24) is 0 Å². The van der Waals surface area contributed by atoms with Crippen molar-refractivity contribution in [3.8, 4) is 5.75 Å². The molecule has 0 heterocycles. The Morgan fingerprint density at radius 2 is 1.17 bits per heavy atom. The summed E-state index contributed by atoms with van der Waals surface area (Å²) in [5.41, 5.74) is 1.68. The summed E-state index contributed by atoms with van der Waals surface area (Å²) >= 11 is 0. The summed E-state index contributed by atoms with van der Waals surface area (Å²) in [5.74, 6) is 0.849.